The van der Waals surface area contributed by atoms with E-state index < -0.39 is 0 Å². The summed E-state index contributed by atoms with van der Waals surface area (Å²) >= 11 is 0. The highest BCUT2D eigenvalue weighted by molar-refractivity contribution is 5.85. The first-order valence-corrected chi connectivity index (χ1v) is 4.33. The second-order valence-corrected chi connectivity index (χ2v) is 3.54. The van der Waals surface area contributed by atoms with Gasteiger partial charge in [0, 0.05) is 6.54 Å². The Kier molecular flexibility index (Phi) is 5.04. The summed E-state index contributed by atoms with van der Waals surface area (Å²) in [5.41, 5.74) is 0.0191. The average molecular weight is 227 g/mol. The van der Waals surface area contributed by atoms with Gasteiger partial charge in [-0.25, -0.2) is 0 Å². The first-order chi connectivity index (χ1) is 5.33. The normalized spacial score (nSPS) is 24.5. The molecule has 0 radical (unpaired) electrons. The lowest BCUT2D eigenvalue weighted by molar-refractivity contribution is -0.128. The minimum atomic E-state index is 0. The number of piperidine rings is 1. The molecule has 13 heavy (non-hydrogen) atoms. The molecule has 2 rings (SSSR count). The number of carbonyl (C=O) groups excluding carboxylic acids is 1. The lowest BCUT2D eigenvalue weighted by Crippen LogP contribution is -2.41. The van der Waals surface area contributed by atoms with Crippen molar-refractivity contribution in [2.45, 2.75) is 19.3 Å². The third-order valence-corrected chi connectivity index (χ3v) is 2.93. The summed E-state index contributed by atoms with van der Waals surface area (Å²) in [6, 6.07) is 0. The van der Waals surface area contributed by atoms with Crippen LogP contribution in [-0.2, 0) is 4.79 Å². The highest BCUT2D eigenvalue weighted by Crippen LogP contribution is 2.35. The fourth-order valence-electron chi connectivity index (χ4n) is 2.10. The Morgan fingerprint density at radius 2 is 1.54 bits per heavy atom. The van der Waals surface area contributed by atoms with Gasteiger partial charge in [-0.1, -0.05) is 0 Å². The molecule has 0 aromatic heterocycles. The Bertz CT molecular complexity index is 181. The van der Waals surface area contributed by atoms with E-state index >= 15 is 0 Å². The van der Waals surface area contributed by atoms with Gasteiger partial charge in [-0.3, -0.25) is 4.79 Å². The zero-order valence-electron chi connectivity index (χ0n) is 7.47. The van der Waals surface area contributed by atoms with Crippen LogP contribution in [0.5, 0.6) is 0 Å². The van der Waals surface area contributed by atoms with Crippen LogP contribution in [0.3, 0.4) is 0 Å². The molecule has 0 atom stereocenters. The average Bonchev–Trinajstić information content (AvgIpc) is 2.36. The van der Waals surface area contributed by atoms with Crippen molar-refractivity contribution in [3.05, 3.63) is 0 Å². The van der Waals surface area contributed by atoms with Crippen molar-refractivity contribution in [3.63, 3.8) is 0 Å². The van der Waals surface area contributed by atoms with E-state index in [0.717, 1.165) is 38.9 Å². The Balaban J connectivity index is 0.000000720. The first kappa shape index (κ1) is 13.0. The molecule has 2 saturated heterocycles. The number of carbonyl (C=O) groups is 1. The van der Waals surface area contributed by atoms with Crippen LogP contribution < -0.4 is 10.6 Å². The van der Waals surface area contributed by atoms with Gasteiger partial charge in [0.2, 0.25) is 5.91 Å². The third kappa shape index (κ3) is 2.27. The summed E-state index contributed by atoms with van der Waals surface area (Å²) in [4.78, 5) is 11.4. The van der Waals surface area contributed by atoms with Crippen LogP contribution in [0.15, 0.2) is 0 Å². The number of hydrogen-bond acceptors (Lipinski definition) is 2. The van der Waals surface area contributed by atoms with E-state index in [2.05, 4.69) is 10.6 Å². The van der Waals surface area contributed by atoms with Gasteiger partial charge in [-0.05, 0) is 32.4 Å². The topological polar surface area (TPSA) is 41.1 Å². The number of hydrogen-bond donors (Lipinski definition) is 2. The van der Waals surface area contributed by atoms with Gasteiger partial charge in [-0.2, -0.15) is 0 Å². The maximum Gasteiger partial charge on any atom is 0.226 e. The highest BCUT2D eigenvalue weighted by Gasteiger charge is 2.42. The molecular formula is C8H16Cl2N2O. The molecule has 2 heterocycles. The molecule has 2 fully saturated rings. The molecule has 2 aliphatic rings. The van der Waals surface area contributed by atoms with Crippen LogP contribution in [0.4, 0.5) is 0 Å². The predicted octanol–water partition coefficient (Wildman–Crippen LogP) is 0.720. The maximum absolute atomic E-state index is 11.4. The maximum atomic E-state index is 11.4. The van der Waals surface area contributed by atoms with Crippen molar-refractivity contribution >= 4 is 30.7 Å². The quantitative estimate of drug-likeness (QED) is 0.640. The van der Waals surface area contributed by atoms with Crippen molar-refractivity contribution in [1.29, 1.82) is 0 Å². The summed E-state index contributed by atoms with van der Waals surface area (Å²) in [6.07, 6.45) is 3.10. The molecule has 0 aliphatic carbocycles. The van der Waals surface area contributed by atoms with E-state index in [1.165, 1.54) is 0 Å². The van der Waals surface area contributed by atoms with Crippen molar-refractivity contribution in [3.8, 4) is 0 Å². The summed E-state index contributed by atoms with van der Waals surface area (Å²) in [7, 11) is 0. The molecule has 5 heteroatoms. The van der Waals surface area contributed by atoms with E-state index in [1.807, 2.05) is 0 Å². The monoisotopic (exact) mass is 226 g/mol. The SMILES string of the molecule is Cl.Cl.O=C1NCCC12CCNCC2. The largest absolute Gasteiger partial charge is 0.356 e. The molecule has 0 aromatic rings. The molecule has 0 saturated carbocycles. The zero-order chi connectivity index (χ0) is 7.73. The van der Waals surface area contributed by atoms with Gasteiger partial charge in [0.25, 0.3) is 0 Å². The van der Waals surface area contributed by atoms with E-state index in [-0.39, 0.29) is 30.2 Å². The van der Waals surface area contributed by atoms with Gasteiger partial charge < -0.3 is 10.6 Å². The standard InChI is InChI=1S/C8H14N2O.2ClH/c11-7-8(3-6-10-7)1-4-9-5-2-8;;/h9H,1-6H2,(H,10,11);2*1H. The molecule has 1 spiro atoms. The molecule has 3 nitrogen and oxygen atoms in total. The molecule has 0 bridgehead atoms. The van der Waals surface area contributed by atoms with Crippen molar-refractivity contribution < 1.29 is 4.79 Å². The number of amides is 1. The summed E-state index contributed by atoms with van der Waals surface area (Å²) in [6.45, 7) is 2.90. The Morgan fingerprint density at radius 3 is 2.00 bits per heavy atom. The van der Waals surface area contributed by atoms with Crippen molar-refractivity contribution in [1.82, 2.24) is 10.6 Å². The predicted molar refractivity (Wildman–Crippen MR) is 56.7 cm³/mol. The number of nitrogens with one attached hydrogen (secondary N) is 2. The molecule has 0 aromatic carbocycles. The summed E-state index contributed by atoms with van der Waals surface area (Å²) in [5.74, 6) is 0.291. The van der Waals surface area contributed by atoms with E-state index in [0.29, 0.717) is 5.91 Å². The lowest BCUT2D eigenvalue weighted by Gasteiger charge is -2.30. The minimum absolute atomic E-state index is 0. The summed E-state index contributed by atoms with van der Waals surface area (Å²) < 4.78 is 0. The van der Waals surface area contributed by atoms with E-state index in [4.69, 9.17) is 0 Å². The van der Waals surface area contributed by atoms with Gasteiger partial charge in [0.1, 0.15) is 0 Å². The third-order valence-electron chi connectivity index (χ3n) is 2.93. The molecule has 1 amide bonds. The smallest absolute Gasteiger partial charge is 0.226 e. The van der Waals surface area contributed by atoms with Gasteiger partial charge in [-0.15, -0.1) is 24.8 Å². The second-order valence-electron chi connectivity index (χ2n) is 3.54. The van der Waals surface area contributed by atoms with Gasteiger partial charge >= 0.3 is 0 Å². The Hall–Kier alpha value is 0.01000. The van der Waals surface area contributed by atoms with Crippen LogP contribution in [0.2, 0.25) is 0 Å². The van der Waals surface area contributed by atoms with E-state index in [9.17, 15) is 4.79 Å². The van der Waals surface area contributed by atoms with Crippen molar-refractivity contribution in [2.24, 2.45) is 5.41 Å². The molecule has 2 N–H and O–H groups in total. The Morgan fingerprint density at radius 1 is 1.00 bits per heavy atom. The van der Waals surface area contributed by atoms with Crippen LogP contribution >= 0.6 is 24.8 Å². The second kappa shape index (κ2) is 5.03. The molecule has 0 unspecified atom stereocenters. The molecule has 78 valence electrons. The van der Waals surface area contributed by atoms with Crippen molar-refractivity contribution in [2.75, 3.05) is 19.6 Å². The molecule has 2 aliphatic heterocycles. The van der Waals surface area contributed by atoms with Gasteiger partial charge in [0.05, 0.1) is 5.41 Å². The highest BCUT2D eigenvalue weighted by atomic mass is 35.5. The van der Waals surface area contributed by atoms with Crippen LogP contribution in [0.1, 0.15) is 19.3 Å². The first-order valence-electron chi connectivity index (χ1n) is 4.33. The van der Waals surface area contributed by atoms with Gasteiger partial charge in [0.15, 0.2) is 0 Å². The molecular weight excluding hydrogens is 211 g/mol. The lowest BCUT2D eigenvalue weighted by atomic mass is 9.78. The number of rotatable bonds is 0. The van der Waals surface area contributed by atoms with Crippen LogP contribution in [0.25, 0.3) is 0 Å². The number of halogens is 2. The van der Waals surface area contributed by atoms with Crippen LogP contribution in [-0.4, -0.2) is 25.5 Å². The summed E-state index contributed by atoms with van der Waals surface area (Å²) in [5, 5.41) is 6.19. The fourth-order valence-corrected chi connectivity index (χ4v) is 2.10. The minimum Gasteiger partial charge on any atom is -0.356 e. The fraction of sp³-hybridized carbons (Fsp3) is 0.875. The zero-order valence-corrected chi connectivity index (χ0v) is 9.10. The van der Waals surface area contributed by atoms with E-state index in [1.54, 1.807) is 0 Å². The van der Waals surface area contributed by atoms with Crippen LogP contribution in [0, 0.1) is 5.41 Å². The Labute approximate surface area is 90.8 Å².